The number of aromatic nitrogens is 1. The summed E-state index contributed by atoms with van der Waals surface area (Å²) in [7, 11) is 0. The number of carbonyl (C=O) groups is 1. The molecule has 1 heterocycles. The fraction of sp³-hybridized carbons (Fsp3) is 0.318. The van der Waals surface area contributed by atoms with Gasteiger partial charge in [-0.1, -0.05) is 42.0 Å². The Labute approximate surface area is 149 Å². The molecule has 1 aromatic heterocycles. The predicted molar refractivity (Wildman–Crippen MR) is 102 cm³/mol. The average molecular weight is 335 g/mol. The number of rotatable bonds is 6. The third kappa shape index (κ3) is 3.24. The Morgan fingerprint density at radius 2 is 1.84 bits per heavy atom. The van der Waals surface area contributed by atoms with Crippen LogP contribution in [-0.4, -0.2) is 23.6 Å². The topological polar surface area (TPSA) is 31.2 Å². The second kappa shape index (κ2) is 7.24. The lowest BCUT2D eigenvalue weighted by molar-refractivity contribution is 0.103. The van der Waals surface area contributed by atoms with Crippen LogP contribution in [0.3, 0.4) is 0 Å². The molecule has 0 aliphatic rings. The Bertz CT molecular complexity index is 893. The molecule has 0 aliphatic heterocycles. The highest BCUT2D eigenvalue weighted by Gasteiger charge is 2.23. The van der Waals surface area contributed by atoms with Crippen molar-refractivity contribution in [3.05, 3.63) is 70.9 Å². The first-order valence-electron chi connectivity index (χ1n) is 8.83. The van der Waals surface area contributed by atoms with Gasteiger partial charge >= 0.3 is 0 Å². The van der Waals surface area contributed by atoms with Gasteiger partial charge in [0.15, 0.2) is 5.78 Å². The van der Waals surface area contributed by atoms with E-state index in [-0.39, 0.29) is 11.8 Å². The maximum Gasteiger partial charge on any atom is 0.195 e. The molecular formula is C22H25NO2. The van der Waals surface area contributed by atoms with Gasteiger partial charge in [-0.05, 0) is 39.8 Å². The van der Waals surface area contributed by atoms with Crippen molar-refractivity contribution < 1.29 is 9.53 Å². The van der Waals surface area contributed by atoms with E-state index in [0.717, 1.165) is 33.3 Å². The summed E-state index contributed by atoms with van der Waals surface area (Å²) in [5.41, 5.74) is 4.78. The Morgan fingerprint density at radius 1 is 1.12 bits per heavy atom. The molecule has 0 saturated carbocycles. The van der Waals surface area contributed by atoms with Gasteiger partial charge in [-0.15, -0.1) is 0 Å². The van der Waals surface area contributed by atoms with Crippen molar-refractivity contribution in [2.45, 2.75) is 33.7 Å². The molecule has 3 nitrogen and oxygen atoms in total. The summed E-state index contributed by atoms with van der Waals surface area (Å²) in [5, 5.41) is 1.02. The van der Waals surface area contributed by atoms with Crippen molar-refractivity contribution in [3.8, 4) is 0 Å². The van der Waals surface area contributed by atoms with Crippen LogP contribution in [0.25, 0.3) is 10.9 Å². The second-order valence-corrected chi connectivity index (χ2v) is 6.55. The van der Waals surface area contributed by atoms with E-state index < -0.39 is 0 Å². The fourth-order valence-electron chi connectivity index (χ4n) is 3.51. The summed E-state index contributed by atoms with van der Waals surface area (Å²) in [4.78, 5) is 13.2. The normalized spacial score (nSPS) is 12.5. The zero-order valence-corrected chi connectivity index (χ0v) is 15.4. The average Bonchev–Trinajstić information content (AvgIpc) is 2.91. The molecule has 0 bridgehead atoms. The first kappa shape index (κ1) is 17.4. The van der Waals surface area contributed by atoms with Crippen LogP contribution in [0.15, 0.2) is 48.5 Å². The number of hydrogen-bond acceptors (Lipinski definition) is 2. The third-order valence-electron chi connectivity index (χ3n) is 4.67. The third-order valence-corrected chi connectivity index (χ3v) is 4.67. The molecule has 0 aliphatic carbocycles. The number of carbonyl (C=O) groups excluding carboxylic acids is 1. The van der Waals surface area contributed by atoms with Crippen molar-refractivity contribution in [1.29, 1.82) is 0 Å². The van der Waals surface area contributed by atoms with E-state index in [4.69, 9.17) is 4.74 Å². The SMILES string of the molecule is CCOCC(C)n1c(C)c(C(=O)c2ccccc2)c2cc(C)ccc21. The minimum absolute atomic E-state index is 0.0797. The molecule has 25 heavy (non-hydrogen) atoms. The number of ether oxygens (including phenoxy) is 1. The number of hydrogen-bond donors (Lipinski definition) is 0. The van der Waals surface area contributed by atoms with Gasteiger partial charge in [-0.2, -0.15) is 0 Å². The Kier molecular flexibility index (Phi) is 5.05. The summed E-state index contributed by atoms with van der Waals surface area (Å²) in [6, 6.07) is 16.0. The monoisotopic (exact) mass is 335 g/mol. The summed E-state index contributed by atoms with van der Waals surface area (Å²) < 4.78 is 7.86. The van der Waals surface area contributed by atoms with Crippen LogP contribution in [0.4, 0.5) is 0 Å². The molecule has 0 fully saturated rings. The van der Waals surface area contributed by atoms with Crippen molar-refractivity contribution in [1.82, 2.24) is 4.57 Å². The van der Waals surface area contributed by atoms with Gasteiger partial charge in [-0.25, -0.2) is 0 Å². The van der Waals surface area contributed by atoms with Gasteiger partial charge in [0.25, 0.3) is 0 Å². The zero-order valence-electron chi connectivity index (χ0n) is 15.4. The highest BCUT2D eigenvalue weighted by Crippen LogP contribution is 2.31. The predicted octanol–water partition coefficient (Wildman–Crippen LogP) is 5.09. The van der Waals surface area contributed by atoms with Crippen molar-refractivity contribution in [2.75, 3.05) is 13.2 Å². The first-order chi connectivity index (χ1) is 12.0. The van der Waals surface area contributed by atoms with E-state index in [1.807, 2.05) is 44.2 Å². The molecule has 3 heteroatoms. The molecule has 3 rings (SSSR count). The molecule has 130 valence electrons. The van der Waals surface area contributed by atoms with E-state index in [1.165, 1.54) is 0 Å². The molecular weight excluding hydrogens is 310 g/mol. The maximum absolute atomic E-state index is 13.2. The van der Waals surface area contributed by atoms with Gasteiger partial charge in [0, 0.05) is 28.8 Å². The minimum Gasteiger partial charge on any atom is -0.380 e. The van der Waals surface area contributed by atoms with Gasteiger partial charge in [0.05, 0.1) is 18.2 Å². The molecule has 0 spiro atoms. The number of benzene rings is 2. The summed E-state index contributed by atoms with van der Waals surface area (Å²) in [6.07, 6.45) is 0. The lowest BCUT2D eigenvalue weighted by Gasteiger charge is -2.17. The summed E-state index contributed by atoms with van der Waals surface area (Å²) in [5.74, 6) is 0.0797. The van der Waals surface area contributed by atoms with Crippen LogP contribution in [0.1, 0.15) is 47.1 Å². The molecule has 0 amide bonds. The van der Waals surface area contributed by atoms with E-state index in [1.54, 1.807) is 0 Å². The molecule has 0 saturated heterocycles. The fourth-order valence-corrected chi connectivity index (χ4v) is 3.51. The van der Waals surface area contributed by atoms with Crippen LogP contribution in [0.2, 0.25) is 0 Å². The van der Waals surface area contributed by atoms with Crippen molar-refractivity contribution in [3.63, 3.8) is 0 Å². The second-order valence-electron chi connectivity index (χ2n) is 6.55. The van der Waals surface area contributed by atoms with Gasteiger partial charge in [0.1, 0.15) is 0 Å². The molecule has 3 aromatic rings. The first-order valence-corrected chi connectivity index (χ1v) is 8.83. The highest BCUT2D eigenvalue weighted by atomic mass is 16.5. The van der Waals surface area contributed by atoms with Crippen LogP contribution < -0.4 is 0 Å². The molecule has 1 unspecified atom stereocenters. The smallest absolute Gasteiger partial charge is 0.195 e. The van der Waals surface area contributed by atoms with E-state index >= 15 is 0 Å². The Morgan fingerprint density at radius 3 is 2.52 bits per heavy atom. The Hall–Kier alpha value is -2.39. The van der Waals surface area contributed by atoms with Gasteiger partial charge < -0.3 is 9.30 Å². The van der Waals surface area contributed by atoms with Crippen LogP contribution >= 0.6 is 0 Å². The van der Waals surface area contributed by atoms with Crippen molar-refractivity contribution in [2.24, 2.45) is 0 Å². The van der Waals surface area contributed by atoms with E-state index in [0.29, 0.717) is 13.2 Å². The quantitative estimate of drug-likeness (QED) is 0.588. The Balaban J connectivity index is 2.19. The number of ketones is 1. The number of fused-ring (bicyclic) bond motifs is 1. The maximum atomic E-state index is 13.2. The molecule has 0 radical (unpaired) electrons. The molecule has 1 atom stereocenters. The molecule has 2 aromatic carbocycles. The molecule has 0 N–H and O–H groups in total. The van der Waals surface area contributed by atoms with Gasteiger partial charge in [-0.3, -0.25) is 4.79 Å². The summed E-state index contributed by atoms with van der Waals surface area (Å²) >= 11 is 0. The standard InChI is InChI=1S/C22H25NO2/c1-5-25-14-16(3)23-17(4)21(19-13-15(2)11-12-20(19)23)22(24)18-9-7-6-8-10-18/h6-13,16H,5,14H2,1-4H3. The lowest BCUT2D eigenvalue weighted by atomic mass is 10.00. The highest BCUT2D eigenvalue weighted by molar-refractivity contribution is 6.17. The zero-order chi connectivity index (χ0) is 18.0. The van der Waals surface area contributed by atoms with E-state index in [9.17, 15) is 4.79 Å². The van der Waals surface area contributed by atoms with Crippen LogP contribution in [0, 0.1) is 13.8 Å². The van der Waals surface area contributed by atoms with Crippen LogP contribution in [-0.2, 0) is 4.74 Å². The summed E-state index contributed by atoms with van der Waals surface area (Å²) in [6.45, 7) is 9.56. The van der Waals surface area contributed by atoms with Gasteiger partial charge in [0.2, 0.25) is 0 Å². The van der Waals surface area contributed by atoms with Crippen molar-refractivity contribution >= 4 is 16.7 Å². The van der Waals surface area contributed by atoms with Crippen LogP contribution in [0.5, 0.6) is 0 Å². The lowest BCUT2D eigenvalue weighted by Crippen LogP contribution is -2.14. The largest absolute Gasteiger partial charge is 0.380 e. The number of nitrogens with zero attached hydrogens (tertiary/aromatic N) is 1. The minimum atomic E-state index is 0.0797. The van der Waals surface area contributed by atoms with E-state index in [2.05, 4.69) is 36.6 Å². The number of aryl methyl sites for hydroxylation is 1.